The molecule has 0 saturated heterocycles. The van der Waals surface area contributed by atoms with Crippen molar-refractivity contribution in [1.29, 1.82) is 0 Å². The number of thiophene rings is 1. The van der Waals surface area contributed by atoms with Crippen LogP contribution in [-0.2, 0) is 6.42 Å². The molecule has 0 saturated carbocycles. The van der Waals surface area contributed by atoms with Gasteiger partial charge in [0.1, 0.15) is 0 Å². The lowest BCUT2D eigenvalue weighted by Gasteiger charge is -2.12. The molecule has 1 aromatic heterocycles. The number of hydrogen-bond donors (Lipinski definition) is 1. The third-order valence-corrected chi connectivity index (χ3v) is 3.55. The average molecular weight is 265 g/mol. The summed E-state index contributed by atoms with van der Waals surface area (Å²) in [6.07, 6.45) is -1.43. The molecule has 0 aliphatic rings. The minimum Gasteiger partial charge on any atom is -0.328 e. The summed E-state index contributed by atoms with van der Waals surface area (Å²) in [6, 6.07) is 3.97. The smallest absolute Gasteiger partial charge is 0.328 e. The zero-order chi connectivity index (χ0) is 12.7. The topological polar surface area (TPSA) is 26.0 Å². The van der Waals surface area contributed by atoms with Crippen molar-refractivity contribution >= 4 is 11.3 Å². The first-order valence-electron chi connectivity index (χ1n) is 5.82. The van der Waals surface area contributed by atoms with E-state index in [2.05, 4.69) is 6.07 Å². The summed E-state index contributed by atoms with van der Waals surface area (Å²) in [6.45, 7) is 0. The van der Waals surface area contributed by atoms with Gasteiger partial charge in [0.25, 0.3) is 0 Å². The minimum absolute atomic E-state index is 0.0997. The Morgan fingerprint density at radius 1 is 1.24 bits per heavy atom. The van der Waals surface area contributed by atoms with Crippen LogP contribution in [0, 0.1) is 0 Å². The maximum atomic E-state index is 11.9. The third-order valence-electron chi connectivity index (χ3n) is 2.61. The van der Waals surface area contributed by atoms with Crippen molar-refractivity contribution in [3.05, 3.63) is 22.4 Å². The van der Waals surface area contributed by atoms with E-state index in [9.17, 15) is 13.2 Å². The summed E-state index contributed by atoms with van der Waals surface area (Å²) < 4.78 is 35.7. The van der Waals surface area contributed by atoms with Crippen LogP contribution in [0.5, 0.6) is 0 Å². The van der Waals surface area contributed by atoms with Gasteiger partial charge in [-0.1, -0.05) is 6.07 Å². The van der Waals surface area contributed by atoms with Crippen molar-refractivity contribution in [2.24, 2.45) is 5.73 Å². The SMILES string of the molecule is NC(CCCc1cccs1)CCCC(F)(F)F. The van der Waals surface area contributed by atoms with Crippen LogP contribution >= 0.6 is 11.3 Å². The molecule has 0 fully saturated rings. The summed E-state index contributed by atoms with van der Waals surface area (Å²) >= 11 is 1.71. The predicted molar refractivity (Wildman–Crippen MR) is 65.1 cm³/mol. The molecule has 1 heterocycles. The van der Waals surface area contributed by atoms with Gasteiger partial charge in [0, 0.05) is 17.3 Å². The number of rotatable bonds is 7. The molecule has 0 radical (unpaired) electrons. The van der Waals surface area contributed by atoms with Gasteiger partial charge in [0.15, 0.2) is 0 Å². The number of alkyl halides is 3. The van der Waals surface area contributed by atoms with Crippen LogP contribution in [0.1, 0.15) is 37.0 Å². The van der Waals surface area contributed by atoms with Crippen LogP contribution in [0.25, 0.3) is 0 Å². The van der Waals surface area contributed by atoms with Crippen molar-refractivity contribution in [1.82, 2.24) is 0 Å². The van der Waals surface area contributed by atoms with E-state index >= 15 is 0 Å². The second-order valence-electron chi connectivity index (χ2n) is 4.24. The van der Waals surface area contributed by atoms with Crippen LogP contribution in [0.4, 0.5) is 13.2 Å². The average Bonchev–Trinajstić information content (AvgIpc) is 2.68. The Morgan fingerprint density at radius 2 is 1.94 bits per heavy atom. The van der Waals surface area contributed by atoms with Crippen LogP contribution in [0.2, 0.25) is 0 Å². The van der Waals surface area contributed by atoms with Gasteiger partial charge in [-0.05, 0) is 43.6 Å². The molecule has 1 atom stereocenters. The van der Waals surface area contributed by atoms with Gasteiger partial charge in [-0.2, -0.15) is 13.2 Å². The molecular weight excluding hydrogens is 247 g/mol. The molecule has 1 aromatic rings. The molecule has 1 nitrogen and oxygen atoms in total. The zero-order valence-corrected chi connectivity index (χ0v) is 10.5. The van der Waals surface area contributed by atoms with Crippen molar-refractivity contribution < 1.29 is 13.2 Å². The van der Waals surface area contributed by atoms with E-state index in [0.29, 0.717) is 6.42 Å². The predicted octanol–water partition coefficient (Wildman–Crippen LogP) is 4.13. The number of aryl methyl sites for hydroxylation is 1. The highest BCUT2D eigenvalue weighted by molar-refractivity contribution is 7.09. The molecule has 0 aromatic carbocycles. The summed E-state index contributed by atoms with van der Waals surface area (Å²) in [5.41, 5.74) is 5.78. The number of nitrogens with two attached hydrogens (primary N) is 1. The van der Waals surface area contributed by atoms with Gasteiger partial charge in [-0.3, -0.25) is 0 Å². The quantitative estimate of drug-likeness (QED) is 0.788. The van der Waals surface area contributed by atoms with Crippen LogP contribution in [0.3, 0.4) is 0 Å². The van der Waals surface area contributed by atoms with Crippen LogP contribution < -0.4 is 5.73 Å². The molecule has 0 aliphatic heterocycles. The molecule has 0 aliphatic carbocycles. The van der Waals surface area contributed by atoms with E-state index in [0.717, 1.165) is 19.3 Å². The maximum Gasteiger partial charge on any atom is 0.389 e. The Labute approximate surface area is 104 Å². The van der Waals surface area contributed by atoms with Crippen LogP contribution in [0.15, 0.2) is 17.5 Å². The normalized spacial score (nSPS) is 13.9. The summed E-state index contributed by atoms with van der Waals surface area (Å²) in [5, 5.41) is 2.03. The monoisotopic (exact) mass is 265 g/mol. The second-order valence-corrected chi connectivity index (χ2v) is 5.27. The van der Waals surface area contributed by atoms with Gasteiger partial charge in [-0.15, -0.1) is 11.3 Å². The van der Waals surface area contributed by atoms with E-state index in [1.54, 1.807) is 11.3 Å². The standard InChI is InChI=1S/C12H18F3NS/c13-12(14,15)8-2-5-10(16)4-1-6-11-7-3-9-17-11/h3,7,9-10H,1-2,4-6,8,16H2. The molecule has 0 amide bonds. The van der Waals surface area contributed by atoms with Crippen molar-refractivity contribution in [3.8, 4) is 0 Å². The first kappa shape index (κ1) is 14.5. The lowest BCUT2D eigenvalue weighted by molar-refractivity contribution is -0.135. The molecule has 0 spiro atoms. The molecule has 1 unspecified atom stereocenters. The van der Waals surface area contributed by atoms with Gasteiger partial charge >= 0.3 is 6.18 Å². The molecular formula is C12H18F3NS. The van der Waals surface area contributed by atoms with Crippen molar-refractivity contribution in [2.75, 3.05) is 0 Å². The molecule has 0 bridgehead atoms. The fourth-order valence-corrected chi connectivity index (χ4v) is 2.45. The molecule has 17 heavy (non-hydrogen) atoms. The lowest BCUT2D eigenvalue weighted by Crippen LogP contribution is -2.20. The first-order valence-corrected chi connectivity index (χ1v) is 6.70. The van der Waals surface area contributed by atoms with Gasteiger partial charge < -0.3 is 5.73 Å². The van der Waals surface area contributed by atoms with E-state index in [1.165, 1.54) is 4.88 Å². The number of halogens is 3. The minimum atomic E-state index is -4.04. The Hall–Kier alpha value is -0.550. The van der Waals surface area contributed by atoms with Crippen molar-refractivity contribution in [2.45, 2.75) is 50.7 Å². The van der Waals surface area contributed by atoms with E-state index < -0.39 is 12.6 Å². The fourth-order valence-electron chi connectivity index (χ4n) is 1.70. The zero-order valence-electron chi connectivity index (χ0n) is 9.67. The second kappa shape index (κ2) is 7.01. The number of hydrogen-bond acceptors (Lipinski definition) is 2. The van der Waals surface area contributed by atoms with E-state index in [4.69, 9.17) is 5.73 Å². The van der Waals surface area contributed by atoms with Gasteiger partial charge in [0.2, 0.25) is 0 Å². The highest BCUT2D eigenvalue weighted by Crippen LogP contribution is 2.23. The third kappa shape index (κ3) is 7.39. The summed E-state index contributed by atoms with van der Waals surface area (Å²) in [5.74, 6) is 0. The highest BCUT2D eigenvalue weighted by atomic mass is 32.1. The van der Waals surface area contributed by atoms with Gasteiger partial charge in [-0.25, -0.2) is 0 Å². The molecule has 98 valence electrons. The van der Waals surface area contributed by atoms with Crippen LogP contribution in [-0.4, -0.2) is 12.2 Å². The molecule has 2 N–H and O–H groups in total. The summed E-state index contributed by atoms with van der Waals surface area (Å²) in [4.78, 5) is 1.31. The highest BCUT2D eigenvalue weighted by Gasteiger charge is 2.26. The van der Waals surface area contributed by atoms with E-state index in [-0.39, 0.29) is 12.5 Å². The Morgan fingerprint density at radius 3 is 2.53 bits per heavy atom. The largest absolute Gasteiger partial charge is 0.389 e. The van der Waals surface area contributed by atoms with Crippen molar-refractivity contribution in [3.63, 3.8) is 0 Å². The fraction of sp³-hybridized carbons (Fsp3) is 0.667. The Bertz CT molecular complexity index is 295. The lowest BCUT2D eigenvalue weighted by atomic mass is 10.0. The summed E-state index contributed by atoms with van der Waals surface area (Å²) in [7, 11) is 0. The first-order chi connectivity index (χ1) is 7.97. The Balaban J connectivity index is 2.03. The van der Waals surface area contributed by atoms with Gasteiger partial charge in [0.05, 0.1) is 0 Å². The Kier molecular flexibility index (Phi) is 5.98. The molecule has 5 heteroatoms. The van der Waals surface area contributed by atoms with E-state index in [1.807, 2.05) is 11.4 Å². The maximum absolute atomic E-state index is 11.9. The molecule has 1 rings (SSSR count).